The fourth-order valence-electron chi connectivity index (χ4n) is 2.83. The van der Waals surface area contributed by atoms with Gasteiger partial charge in [0, 0.05) is 17.8 Å². The van der Waals surface area contributed by atoms with Gasteiger partial charge in [0.15, 0.2) is 0 Å². The summed E-state index contributed by atoms with van der Waals surface area (Å²) < 4.78 is 15.8. The smallest absolute Gasteiger partial charge is 0.253 e. The SMILES string of the molecule is COc1ccc(N2CC(CNC(=O)c3cccc(OC)c3)OCC2=O)cc1. The highest BCUT2D eigenvalue weighted by Gasteiger charge is 2.27. The summed E-state index contributed by atoms with van der Waals surface area (Å²) in [7, 11) is 3.15. The molecule has 27 heavy (non-hydrogen) atoms. The number of methoxy groups -OCH3 is 2. The standard InChI is InChI=1S/C20H22N2O5/c1-25-16-8-6-15(7-9-16)22-12-18(27-13-19(22)23)11-21-20(24)14-4-3-5-17(10-14)26-2/h3-10,18H,11-13H2,1-2H3,(H,21,24). The van der Waals surface area contributed by atoms with Gasteiger partial charge in [-0.1, -0.05) is 6.07 Å². The number of benzene rings is 2. The van der Waals surface area contributed by atoms with E-state index in [2.05, 4.69) is 5.32 Å². The maximum Gasteiger partial charge on any atom is 0.253 e. The van der Waals surface area contributed by atoms with E-state index in [4.69, 9.17) is 14.2 Å². The van der Waals surface area contributed by atoms with Gasteiger partial charge in [-0.05, 0) is 42.5 Å². The van der Waals surface area contributed by atoms with Gasteiger partial charge in [-0.2, -0.15) is 0 Å². The molecular formula is C20H22N2O5. The van der Waals surface area contributed by atoms with Crippen molar-refractivity contribution >= 4 is 17.5 Å². The lowest BCUT2D eigenvalue weighted by Gasteiger charge is -2.33. The minimum atomic E-state index is -0.292. The van der Waals surface area contributed by atoms with Crippen molar-refractivity contribution in [3.05, 3.63) is 54.1 Å². The quantitative estimate of drug-likeness (QED) is 0.840. The van der Waals surface area contributed by atoms with Gasteiger partial charge in [-0.25, -0.2) is 0 Å². The lowest BCUT2D eigenvalue weighted by atomic mass is 10.2. The summed E-state index contributed by atoms with van der Waals surface area (Å²) in [5.41, 5.74) is 1.28. The Morgan fingerprint density at radius 3 is 2.59 bits per heavy atom. The Morgan fingerprint density at radius 1 is 1.15 bits per heavy atom. The number of amides is 2. The predicted molar refractivity (Wildman–Crippen MR) is 100 cm³/mol. The number of morpholine rings is 1. The molecule has 1 saturated heterocycles. The Morgan fingerprint density at radius 2 is 1.89 bits per heavy atom. The molecule has 0 aromatic heterocycles. The van der Waals surface area contributed by atoms with E-state index in [0.29, 0.717) is 24.4 Å². The molecule has 0 spiro atoms. The lowest BCUT2D eigenvalue weighted by molar-refractivity contribution is -0.129. The molecule has 1 aliphatic rings. The van der Waals surface area contributed by atoms with Crippen molar-refractivity contribution in [3.8, 4) is 11.5 Å². The van der Waals surface area contributed by atoms with Crippen LogP contribution in [0.4, 0.5) is 5.69 Å². The van der Waals surface area contributed by atoms with Gasteiger partial charge in [0.2, 0.25) is 0 Å². The van der Waals surface area contributed by atoms with Gasteiger partial charge >= 0.3 is 0 Å². The zero-order chi connectivity index (χ0) is 19.2. The largest absolute Gasteiger partial charge is 0.497 e. The Balaban J connectivity index is 1.60. The average Bonchev–Trinajstić information content (AvgIpc) is 2.73. The van der Waals surface area contributed by atoms with Gasteiger partial charge in [0.25, 0.3) is 11.8 Å². The number of carbonyl (C=O) groups is 2. The topological polar surface area (TPSA) is 77.1 Å². The van der Waals surface area contributed by atoms with Crippen LogP contribution in [0.15, 0.2) is 48.5 Å². The summed E-state index contributed by atoms with van der Waals surface area (Å²) in [6.07, 6.45) is -0.292. The molecule has 142 valence electrons. The second-order valence-corrected chi connectivity index (χ2v) is 6.08. The zero-order valence-corrected chi connectivity index (χ0v) is 15.3. The molecular weight excluding hydrogens is 348 g/mol. The molecule has 0 aliphatic carbocycles. The van der Waals surface area contributed by atoms with Crippen molar-refractivity contribution in [2.45, 2.75) is 6.10 Å². The second-order valence-electron chi connectivity index (χ2n) is 6.08. The van der Waals surface area contributed by atoms with Crippen molar-refractivity contribution < 1.29 is 23.8 Å². The van der Waals surface area contributed by atoms with Crippen LogP contribution in [-0.4, -0.2) is 51.8 Å². The van der Waals surface area contributed by atoms with E-state index in [0.717, 1.165) is 11.4 Å². The molecule has 0 radical (unpaired) electrons. The molecule has 2 amide bonds. The molecule has 0 saturated carbocycles. The van der Waals surface area contributed by atoms with E-state index >= 15 is 0 Å². The van der Waals surface area contributed by atoms with Crippen LogP contribution < -0.4 is 19.7 Å². The number of ether oxygens (including phenoxy) is 3. The summed E-state index contributed by atoms with van der Waals surface area (Å²) in [6, 6.07) is 14.2. The minimum absolute atomic E-state index is 0.0221. The number of nitrogens with zero attached hydrogens (tertiary/aromatic N) is 1. The molecule has 1 unspecified atom stereocenters. The second kappa shape index (κ2) is 8.55. The molecule has 1 fully saturated rings. The van der Waals surface area contributed by atoms with Crippen molar-refractivity contribution in [3.63, 3.8) is 0 Å². The van der Waals surface area contributed by atoms with Crippen molar-refractivity contribution in [1.82, 2.24) is 5.32 Å². The van der Waals surface area contributed by atoms with Gasteiger partial charge in [-0.3, -0.25) is 9.59 Å². The van der Waals surface area contributed by atoms with Crippen molar-refractivity contribution in [1.29, 1.82) is 0 Å². The summed E-state index contributed by atoms with van der Waals surface area (Å²) in [6.45, 7) is 0.644. The Kier molecular flexibility index (Phi) is 5.93. The third-order valence-corrected chi connectivity index (χ3v) is 4.34. The zero-order valence-electron chi connectivity index (χ0n) is 15.3. The fraction of sp³-hybridized carbons (Fsp3) is 0.300. The van der Waals surface area contributed by atoms with Crippen LogP contribution in [0, 0.1) is 0 Å². The van der Waals surface area contributed by atoms with Crippen LogP contribution in [0.2, 0.25) is 0 Å². The van der Waals surface area contributed by atoms with E-state index in [1.807, 2.05) is 12.1 Å². The lowest BCUT2D eigenvalue weighted by Crippen LogP contribution is -2.50. The highest BCUT2D eigenvalue weighted by molar-refractivity contribution is 5.95. The molecule has 1 N–H and O–H groups in total. The van der Waals surface area contributed by atoms with E-state index in [1.165, 1.54) is 0 Å². The van der Waals surface area contributed by atoms with E-state index < -0.39 is 0 Å². The summed E-state index contributed by atoms with van der Waals surface area (Å²) in [4.78, 5) is 26.2. The molecule has 7 nitrogen and oxygen atoms in total. The minimum Gasteiger partial charge on any atom is -0.497 e. The van der Waals surface area contributed by atoms with E-state index in [9.17, 15) is 9.59 Å². The highest BCUT2D eigenvalue weighted by atomic mass is 16.5. The number of hydrogen-bond acceptors (Lipinski definition) is 5. The Bertz CT molecular complexity index is 806. The Labute approximate surface area is 157 Å². The van der Waals surface area contributed by atoms with Crippen LogP contribution in [0.5, 0.6) is 11.5 Å². The Hall–Kier alpha value is -3.06. The molecule has 3 rings (SSSR count). The maximum absolute atomic E-state index is 12.3. The number of anilines is 1. The van der Waals surface area contributed by atoms with Crippen LogP contribution in [0.25, 0.3) is 0 Å². The van der Waals surface area contributed by atoms with Crippen molar-refractivity contribution in [2.24, 2.45) is 0 Å². The maximum atomic E-state index is 12.3. The molecule has 2 aromatic rings. The van der Waals surface area contributed by atoms with Crippen LogP contribution in [-0.2, 0) is 9.53 Å². The number of hydrogen-bond donors (Lipinski definition) is 1. The first-order chi connectivity index (χ1) is 13.1. The van der Waals surface area contributed by atoms with E-state index in [-0.39, 0.29) is 24.5 Å². The van der Waals surface area contributed by atoms with Gasteiger partial charge in [0.05, 0.1) is 26.9 Å². The normalized spacial score (nSPS) is 16.7. The molecule has 7 heteroatoms. The number of carbonyl (C=O) groups excluding carboxylic acids is 2. The van der Waals surface area contributed by atoms with Crippen LogP contribution in [0.1, 0.15) is 10.4 Å². The summed E-state index contributed by atoms with van der Waals surface area (Å²) >= 11 is 0. The third kappa shape index (κ3) is 4.57. The highest BCUT2D eigenvalue weighted by Crippen LogP contribution is 2.22. The monoisotopic (exact) mass is 370 g/mol. The first-order valence-corrected chi connectivity index (χ1v) is 8.59. The number of rotatable bonds is 6. The fourth-order valence-corrected chi connectivity index (χ4v) is 2.83. The molecule has 1 atom stereocenters. The first kappa shape index (κ1) is 18.7. The molecule has 1 aliphatic heterocycles. The third-order valence-electron chi connectivity index (χ3n) is 4.34. The van der Waals surface area contributed by atoms with Crippen LogP contribution >= 0.6 is 0 Å². The van der Waals surface area contributed by atoms with Crippen molar-refractivity contribution in [2.75, 3.05) is 38.8 Å². The molecule has 1 heterocycles. The first-order valence-electron chi connectivity index (χ1n) is 8.59. The van der Waals surface area contributed by atoms with Gasteiger partial charge in [-0.15, -0.1) is 0 Å². The summed E-state index contributed by atoms with van der Waals surface area (Å²) in [5.74, 6) is 1.01. The van der Waals surface area contributed by atoms with Gasteiger partial charge in [0.1, 0.15) is 18.1 Å². The van der Waals surface area contributed by atoms with E-state index in [1.54, 1.807) is 55.5 Å². The predicted octanol–water partition coefficient (Wildman–Crippen LogP) is 1.87. The number of nitrogens with one attached hydrogen (secondary N) is 1. The molecule has 2 aromatic carbocycles. The van der Waals surface area contributed by atoms with Gasteiger partial charge < -0.3 is 24.4 Å². The average molecular weight is 370 g/mol. The molecule has 0 bridgehead atoms. The summed E-state index contributed by atoms with van der Waals surface area (Å²) in [5, 5.41) is 2.85. The van der Waals surface area contributed by atoms with Crippen LogP contribution in [0.3, 0.4) is 0 Å².